The maximum absolute atomic E-state index is 13.6. The number of sulfonamides is 1. The number of anilines is 1. The summed E-state index contributed by atoms with van der Waals surface area (Å²) < 4.78 is 36.0. The molecule has 4 rings (SSSR count). The average Bonchev–Trinajstić information content (AvgIpc) is 3.20. The molecule has 1 heterocycles. The topological polar surface area (TPSA) is 93.0 Å². The fraction of sp³-hybridized carbons (Fsp3) is 0.250. The van der Waals surface area contributed by atoms with Gasteiger partial charge in [0.1, 0.15) is 12.3 Å². The van der Waals surface area contributed by atoms with Gasteiger partial charge in [0.25, 0.3) is 15.9 Å². The Morgan fingerprint density at radius 1 is 0.951 bits per heavy atom. The Hall–Kier alpha value is -4.37. The highest BCUT2D eigenvalue weighted by molar-refractivity contribution is 7.92. The van der Waals surface area contributed by atoms with E-state index in [4.69, 9.17) is 4.74 Å². The molecule has 0 radical (unpaired) electrons. The van der Waals surface area contributed by atoms with Gasteiger partial charge in [0.05, 0.1) is 29.1 Å². The molecule has 0 aliphatic heterocycles. The van der Waals surface area contributed by atoms with Gasteiger partial charge < -0.3 is 9.30 Å². The van der Waals surface area contributed by atoms with Crippen LogP contribution in [-0.4, -0.2) is 38.3 Å². The number of aromatic nitrogens is 1. The van der Waals surface area contributed by atoms with Crippen LogP contribution in [0.5, 0.6) is 5.75 Å². The number of hydrogen-bond donors (Lipinski definition) is 1. The first-order valence-electron chi connectivity index (χ1n) is 13.4. The van der Waals surface area contributed by atoms with Crippen molar-refractivity contribution in [3.05, 3.63) is 106 Å². The van der Waals surface area contributed by atoms with Crippen molar-refractivity contribution in [2.24, 2.45) is 5.10 Å². The Bertz CT molecular complexity index is 1650. The Morgan fingerprint density at radius 2 is 1.59 bits per heavy atom. The van der Waals surface area contributed by atoms with Crippen molar-refractivity contribution in [3.63, 3.8) is 0 Å². The summed E-state index contributed by atoms with van der Waals surface area (Å²) >= 11 is 0. The van der Waals surface area contributed by atoms with E-state index < -0.39 is 22.5 Å². The molecule has 0 atom stereocenters. The van der Waals surface area contributed by atoms with E-state index >= 15 is 0 Å². The Balaban J connectivity index is 1.57. The van der Waals surface area contributed by atoms with Gasteiger partial charge in [-0.05, 0) is 95.1 Å². The third-order valence-corrected chi connectivity index (χ3v) is 8.65. The van der Waals surface area contributed by atoms with Crippen molar-refractivity contribution in [2.75, 3.05) is 17.5 Å². The van der Waals surface area contributed by atoms with E-state index in [0.29, 0.717) is 18.0 Å². The minimum absolute atomic E-state index is 0.0900. The lowest BCUT2D eigenvalue weighted by Gasteiger charge is -2.24. The normalized spacial score (nSPS) is 11.6. The van der Waals surface area contributed by atoms with Crippen LogP contribution in [0.25, 0.3) is 5.69 Å². The van der Waals surface area contributed by atoms with Gasteiger partial charge in [0.15, 0.2) is 0 Å². The third-order valence-electron chi connectivity index (χ3n) is 6.86. The highest BCUT2D eigenvalue weighted by Crippen LogP contribution is 2.27. The van der Waals surface area contributed by atoms with Gasteiger partial charge in [-0.3, -0.25) is 9.10 Å². The van der Waals surface area contributed by atoms with Crippen LogP contribution in [0.15, 0.2) is 82.8 Å². The number of para-hydroxylation sites is 1. The number of carbonyl (C=O) groups is 1. The fourth-order valence-electron chi connectivity index (χ4n) is 4.79. The number of hydrogen-bond acceptors (Lipinski definition) is 5. The fourth-order valence-corrected chi connectivity index (χ4v) is 6.21. The summed E-state index contributed by atoms with van der Waals surface area (Å²) in [6, 6.07) is 21.3. The molecule has 9 heteroatoms. The molecule has 0 bridgehead atoms. The van der Waals surface area contributed by atoms with E-state index in [0.717, 1.165) is 43.6 Å². The maximum Gasteiger partial charge on any atom is 0.264 e. The number of hydrazone groups is 1. The Morgan fingerprint density at radius 3 is 2.20 bits per heavy atom. The molecule has 0 saturated carbocycles. The maximum atomic E-state index is 13.6. The molecule has 41 heavy (non-hydrogen) atoms. The van der Waals surface area contributed by atoms with Gasteiger partial charge >= 0.3 is 0 Å². The lowest BCUT2D eigenvalue weighted by atomic mass is 10.1. The molecule has 1 N–H and O–H groups in total. The standard InChI is InChI=1S/C32H36N4O4S/c1-7-40-29-15-13-28(14-16-29)35(41(38,39)30-17-11-22(2)12-18-30)21-31(37)34-33-20-27-19-25(5)36(26(27)6)32-23(3)9-8-10-24(32)4/h8-20H,7,21H2,1-6H3,(H,34,37)/b33-20+. The average molecular weight is 573 g/mol. The summed E-state index contributed by atoms with van der Waals surface area (Å²) in [6.45, 7) is 12.0. The highest BCUT2D eigenvalue weighted by Gasteiger charge is 2.27. The van der Waals surface area contributed by atoms with Crippen LogP contribution in [0.4, 0.5) is 5.69 Å². The number of nitrogens with one attached hydrogen (secondary N) is 1. The second-order valence-corrected chi connectivity index (χ2v) is 11.8. The van der Waals surface area contributed by atoms with E-state index in [2.05, 4.69) is 41.1 Å². The Kier molecular flexibility index (Phi) is 8.98. The highest BCUT2D eigenvalue weighted by atomic mass is 32.2. The zero-order chi connectivity index (χ0) is 29.7. The molecule has 1 aromatic heterocycles. The molecule has 4 aromatic rings. The van der Waals surface area contributed by atoms with Gasteiger partial charge in [-0.25, -0.2) is 13.8 Å². The van der Waals surface area contributed by atoms with Gasteiger partial charge in [0, 0.05) is 17.0 Å². The predicted octanol–water partition coefficient (Wildman–Crippen LogP) is 5.76. The summed E-state index contributed by atoms with van der Waals surface area (Å²) in [7, 11) is -4.04. The molecule has 0 spiro atoms. The van der Waals surface area contributed by atoms with Crippen LogP contribution < -0.4 is 14.5 Å². The largest absolute Gasteiger partial charge is 0.494 e. The zero-order valence-corrected chi connectivity index (χ0v) is 25.1. The van der Waals surface area contributed by atoms with E-state index in [1.807, 2.05) is 39.8 Å². The number of ether oxygens (including phenoxy) is 1. The third kappa shape index (κ3) is 6.52. The van der Waals surface area contributed by atoms with Gasteiger partial charge in [0.2, 0.25) is 0 Å². The molecule has 0 aliphatic carbocycles. The minimum Gasteiger partial charge on any atom is -0.494 e. The summed E-state index contributed by atoms with van der Waals surface area (Å²) in [5.41, 5.74) is 10.1. The minimum atomic E-state index is -4.04. The van der Waals surface area contributed by atoms with Gasteiger partial charge in [-0.2, -0.15) is 5.10 Å². The van der Waals surface area contributed by atoms with Crippen molar-refractivity contribution in [1.82, 2.24) is 9.99 Å². The zero-order valence-electron chi connectivity index (χ0n) is 24.3. The molecule has 3 aromatic carbocycles. The second kappa shape index (κ2) is 12.4. The first kappa shape index (κ1) is 29.6. The molecule has 0 aliphatic rings. The Labute approximate surface area is 242 Å². The second-order valence-electron chi connectivity index (χ2n) is 9.95. The number of rotatable bonds is 10. The van der Waals surface area contributed by atoms with Crippen molar-refractivity contribution in [3.8, 4) is 11.4 Å². The van der Waals surface area contributed by atoms with Crippen LogP contribution in [-0.2, 0) is 14.8 Å². The number of benzene rings is 3. The molecule has 1 amide bonds. The van der Waals surface area contributed by atoms with Crippen LogP contribution in [0.2, 0.25) is 0 Å². The van der Waals surface area contributed by atoms with Crippen LogP contribution in [0.3, 0.4) is 0 Å². The van der Waals surface area contributed by atoms with Crippen LogP contribution >= 0.6 is 0 Å². The molecule has 0 saturated heterocycles. The SMILES string of the molecule is CCOc1ccc(N(CC(=O)N/N=C/c2cc(C)n(-c3c(C)cccc3C)c2C)S(=O)(=O)c2ccc(C)cc2)cc1. The van der Waals surface area contributed by atoms with Crippen molar-refractivity contribution < 1.29 is 17.9 Å². The lowest BCUT2D eigenvalue weighted by Crippen LogP contribution is -2.39. The molecule has 0 fully saturated rings. The van der Waals surface area contributed by atoms with Gasteiger partial charge in [-0.15, -0.1) is 0 Å². The quantitative estimate of drug-likeness (QED) is 0.193. The van der Waals surface area contributed by atoms with Crippen molar-refractivity contribution >= 4 is 27.8 Å². The lowest BCUT2D eigenvalue weighted by molar-refractivity contribution is -0.119. The molecular formula is C32H36N4O4S. The van der Waals surface area contributed by atoms with Gasteiger partial charge in [-0.1, -0.05) is 35.9 Å². The summed E-state index contributed by atoms with van der Waals surface area (Å²) in [6.07, 6.45) is 1.58. The summed E-state index contributed by atoms with van der Waals surface area (Å²) in [4.78, 5) is 13.1. The predicted molar refractivity (Wildman–Crippen MR) is 164 cm³/mol. The van der Waals surface area contributed by atoms with Crippen molar-refractivity contribution in [1.29, 1.82) is 0 Å². The number of nitrogens with zero attached hydrogens (tertiary/aromatic N) is 3. The van der Waals surface area contributed by atoms with E-state index in [9.17, 15) is 13.2 Å². The van der Waals surface area contributed by atoms with E-state index in [1.54, 1.807) is 42.6 Å². The van der Waals surface area contributed by atoms with Crippen LogP contribution in [0, 0.1) is 34.6 Å². The summed E-state index contributed by atoms with van der Waals surface area (Å²) in [5.74, 6) is 0.0332. The molecule has 8 nitrogen and oxygen atoms in total. The van der Waals surface area contributed by atoms with Crippen LogP contribution in [0.1, 0.15) is 40.6 Å². The summed E-state index contributed by atoms with van der Waals surface area (Å²) in [5, 5.41) is 4.17. The first-order valence-corrected chi connectivity index (χ1v) is 14.9. The monoisotopic (exact) mass is 572 g/mol. The molecular weight excluding hydrogens is 536 g/mol. The van der Waals surface area contributed by atoms with Crippen molar-refractivity contribution in [2.45, 2.75) is 46.4 Å². The van der Waals surface area contributed by atoms with E-state index in [1.165, 1.54) is 12.1 Å². The smallest absolute Gasteiger partial charge is 0.264 e. The first-order chi connectivity index (χ1) is 19.5. The number of amides is 1. The van der Waals surface area contributed by atoms with E-state index in [-0.39, 0.29) is 4.90 Å². The molecule has 214 valence electrons. The number of carbonyl (C=O) groups excluding carboxylic acids is 1. The number of aryl methyl sites for hydroxylation is 4. The molecule has 0 unspecified atom stereocenters.